The number of hydrogen-bond donors (Lipinski definition) is 1. The van der Waals surface area contributed by atoms with Gasteiger partial charge in [-0.05, 0) is 39.0 Å². The first-order valence-electron chi connectivity index (χ1n) is 7.70. The Labute approximate surface area is 121 Å². The van der Waals surface area contributed by atoms with E-state index in [-0.39, 0.29) is 11.9 Å². The average Bonchev–Trinajstić information content (AvgIpc) is 2.87. The van der Waals surface area contributed by atoms with Gasteiger partial charge in [-0.2, -0.15) is 0 Å². The molecule has 1 unspecified atom stereocenters. The second-order valence-electron chi connectivity index (χ2n) is 6.13. The van der Waals surface area contributed by atoms with E-state index in [1.54, 1.807) is 7.11 Å². The van der Waals surface area contributed by atoms with Gasteiger partial charge in [0, 0.05) is 26.7 Å². The molecule has 1 N–H and O–H groups in total. The second-order valence-corrected chi connectivity index (χ2v) is 6.13. The normalized spacial score (nSPS) is 35.1. The van der Waals surface area contributed by atoms with Gasteiger partial charge in [-0.15, -0.1) is 0 Å². The Bertz CT molecular complexity index is 326. The first kappa shape index (κ1) is 15.7. The van der Waals surface area contributed by atoms with Crippen LogP contribution in [0.1, 0.15) is 39.0 Å². The monoisotopic (exact) mass is 285 g/mol. The molecule has 5 nitrogen and oxygen atoms in total. The summed E-state index contributed by atoms with van der Waals surface area (Å²) >= 11 is 0. The number of carbonyl (C=O) groups is 1. The van der Waals surface area contributed by atoms with Gasteiger partial charge in [-0.25, -0.2) is 0 Å². The SMILES string of the molecule is CCOC(=O)C1CCC(O)(CN2CCC(OC)C2)CC1. The maximum Gasteiger partial charge on any atom is 0.308 e. The number of rotatable bonds is 5. The number of likely N-dealkylation sites (tertiary alicyclic amines) is 1. The lowest BCUT2D eigenvalue weighted by Crippen LogP contribution is -2.46. The number of methoxy groups -OCH3 is 1. The Balaban J connectivity index is 1.78. The van der Waals surface area contributed by atoms with Crippen molar-refractivity contribution in [1.29, 1.82) is 0 Å². The molecule has 0 amide bonds. The number of aliphatic hydroxyl groups is 1. The predicted octanol–water partition coefficient (Wildman–Crippen LogP) is 1.19. The van der Waals surface area contributed by atoms with Gasteiger partial charge in [-0.1, -0.05) is 0 Å². The first-order valence-corrected chi connectivity index (χ1v) is 7.70. The summed E-state index contributed by atoms with van der Waals surface area (Å²) in [6.45, 7) is 4.85. The van der Waals surface area contributed by atoms with Crippen LogP contribution >= 0.6 is 0 Å². The number of carbonyl (C=O) groups excluding carboxylic acids is 1. The van der Waals surface area contributed by atoms with Crippen LogP contribution in [0, 0.1) is 5.92 Å². The zero-order chi connectivity index (χ0) is 14.6. The lowest BCUT2D eigenvalue weighted by molar-refractivity contribution is -0.151. The van der Waals surface area contributed by atoms with Gasteiger partial charge in [0.05, 0.1) is 24.2 Å². The molecule has 2 rings (SSSR count). The van der Waals surface area contributed by atoms with Gasteiger partial charge in [0.1, 0.15) is 0 Å². The molecule has 0 aromatic rings. The highest BCUT2D eigenvalue weighted by Crippen LogP contribution is 2.34. The Kier molecular flexibility index (Phi) is 5.41. The van der Waals surface area contributed by atoms with E-state index in [0.717, 1.165) is 32.4 Å². The third-order valence-corrected chi connectivity index (χ3v) is 4.62. The highest BCUT2D eigenvalue weighted by Gasteiger charge is 2.38. The van der Waals surface area contributed by atoms with E-state index < -0.39 is 5.60 Å². The van der Waals surface area contributed by atoms with Crippen molar-refractivity contribution >= 4 is 5.97 Å². The number of hydrogen-bond acceptors (Lipinski definition) is 5. The minimum Gasteiger partial charge on any atom is -0.466 e. The third-order valence-electron chi connectivity index (χ3n) is 4.62. The maximum atomic E-state index is 11.7. The molecule has 1 aliphatic heterocycles. The van der Waals surface area contributed by atoms with E-state index in [4.69, 9.17) is 9.47 Å². The summed E-state index contributed by atoms with van der Waals surface area (Å²) < 4.78 is 10.4. The fourth-order valence-electron chi connectivity index (χ4n) is 3.36. The number of ether oxygens (including phenoxy) is 2. The van der Waals surface area contributed by atoms with Crippen molar-refractivity contribution in [2.24, 2.45) is 5.92 Å². The van der Waals surface area contributed by atoms with Crippen molar-refractivity contribution in [1.82, 2.24) is 4.90 Å². The summed E-state index contributed by atoms with van der Waals surface area (Å²) in [7, 11) is 1.74. The van der Waals surface area contributed by atoms with Crippen molar-refractivity contribution in [2.45, 2.75) is 50.7 Å². The van der Waals surface area contributed by atoms with E-state index in [0.29, 0.717) is 32.1 Å². The van der Waals surface area contributed by atoms with Gasteiger partial charge in [-0.3, -0.25) is 9.69 Å². The molecule has 5 heteroatoms. The number of β-amino-alcohol motifs (C(OH)–C–C–N with tert-alkyl or cyclic N) is 1. The van der Waals surface area contributed by atoms with Crippen molar-refractivity contribution in [2.75, 3.05) is 33.4 Å². The van der Waals surface area contributed by atoms with Crippen LogP contribution < -0.4 is 0 Å². The summed E-state index contributed by atoms with van der Waals surface area (Å²) in [5, 5.41) is 10.7. The van der Waals surface area contributed by atoms with E-state index in [1.165, 1.54) is 0 Å². The Morgan fingerprint density at radius 1 is 1.35 bits per heavy atom. The summed E-state index contributed by atoms with van der Waals surface area (Å²) in [5.41, 5.74) is -0.647. The topological polar surface area (TPSA) is 59.0 Å². The van der Waals surface area contributed by atoms with Crippen LogP contribution in [0.4, 0.5) is 0 Å². The Hall–Kier alpha value is -0.650. The molecular formula is C15H27NO4. The standard InChI is InChI=1S/C15H27NO4/c1-3-20-14(17)12-4-7-15(18,8-5-12)11-16-9-6-13(10-16)19-2/h12-13,18H,3-11H2,1-2H3. The van der Waals surface area contributed by atoms with E-state index >= 15 is 0 Å². The minimum atomic E-state index is -0.647. The number of esters is 1. The molecule has 0 bridgehead atoms. The largest absolute Gasteiger partial charge is 0.466 e. The lowest BCUT2D eigenvalue weighted by atomic mass is 9.78. The highest BCUT2D eigenvalue weighted by atomic mass is 16.5. The molecular weight excluding hydrogens is 258 g/mol. The van der Waals surface area contributed by atoms with Crippen LogP contribution in [0.3, 0.4) is 0 Å². The second kappa shape index (κ2) is 6.87. The summed E-state index contributed by atoms with van der Waals surface area (Å²) in [5.74, 6) is -0.129. The number of nitrogens with zero attached hydrogens (tertiary/aromatic N) is 1. The minimum absolute atomic E-state index is 0.0273. The Morgan fingerprint density at radius 2 is 2.05 bits per heavy atom. The van der Waals surface area contributed by atoms with E-state index in [2.05, 4.69) is 4.90 Å². The van der Waals surface area contributed by atoms with E-state index in [1.807, 2.05) is 6.92 Å². The van der Waals surface area contributed by atoms with Gasteiger partial charge >= 0.3 is 5.97 Å². The lowest BCUT2D eigenvalue weighted by Gasteiger charge is -2.37. The van der Waals surface area contributed by atoms with Gasteiger partial charge in [0.15, 0.2) is 0 Å². The molecule has 1 saturated carbocycles. The summed E-state index contributed by atoms with van der Waals surface area (Å²) in [6.07, 6.45) is 4.18. The third kappa shape index (κ3) is 3.93. The smallest absolute Gasteiger partial charge is 0.308 e. The van der Waals surface area contributed by atoms with Crippen molar-refractivity contribution < 1.29 is 19.4 Å². The molecule has 1 aliphatic carbocycles. The van der Waals surface area contributed by atoms with Gasteiger partial charge < -0.3 is 14.6 Å². The van der Waals surface area contributed by atoms with Gasteiger partial charge in [0.25, 0.3) is 0 Å². The molecule has 20 heavy (non-hydrogen) atoms. The zero-order valence-corrected chi connectivity index (χ0v) is 12.6. The first-order chi connectivity index (χ1) is 9.56. The van der Waals surface area contributed by atoms with Crippen LogP contribution in [0.15, 0.2) is 0 Å². The van der Waals surface area contributed by atoms with Crippen molar-refractivity contribution in [3.63, 3.8) is 0 Å². The van der Waals surface area contributed by atoms with Crippen LogP contribution in [0.25, 0.3) is 0 Å². The molecule has 0 radical (unpaired) electrons. The maximum absolute atomic E-state index is 11.7. The molecule has 0 aromatic heterocycles. The van der Waals surface area contributed by atoms with Crippen molar-refractivity contribution in [3.05, 3.63) is 0 Å². The predicted molar refractivity (Wildman–Crippen MR) is 75.4 cm³/mol. The summed E-state index contributed by atoms with van der Waals surface area (Å²) in [6, 6.07) is 0. The van der Waals surface area contributed by atoms with Gasteiger partial charge in [0.2, 0.25) is 0 Å². The quantitative estimate of drug-likeness (QED) is 0.769. The molecule has 2 fully saturated rings. The molecule has 1 heterocycles. The fourth-order valence-corrected chi connectivity index (χ4v) is 3.36. The fraction of sp³-hybridized carbons (Fsp3) is 0.933. The molecule has 2 aliphatic rings. The Morgan fingerprint density at radius 3 is 2.60 bits per heavy atom. The molecule has 116 valence electrons. The van der Waals surface area contributed by atoms with Crippen LogP contribution in [-0.4, -0.2) is 61.0 Å². The zero-order valence-electron chi connectivity index (χ0n) is 12.6. The van der Waals surface area contributed by atoms with E-state index in [9.17, 15) is 9.90 Å². The highest BCUT2D eigenvalue weighted by molar-refractivity contribution is 5.72. The molecule has 0 aromatic carbocycles. The average molecular weight is 285 g/mol. The molecule has 1 atom stereocenters. The molecule has 0 spiro atoms. The van der Waals surface area contributed by atoms with Crippen LogP contribution in [-0.2, 0) is 14.3 Å². The van der Waals surface area contributed by atoms with Crippen molar-refractivity contribution in [3.8, 4) is 0 Å². The van der Waals surface area contributed by atoms with Crippen LogP contribution in [0.2, 0.25) is 0 Å². The summed E-state index contributed by atoms with van der Waals surface area (Å²) in [4.78, 5) is 14.0. The van der Waals surface area contributed by atoms with Crippen LogP contribution in [0.5, 0.6) is 0 Å². The molecule has 1 saturated heterocycles.